The number of carbonyl (C=O) groups is 3. The average molecular weight is 521 g/mol. The van der Waals surface area contributed by atoms with Crippen LogP contribution in [0.4, 0.5) is 11.4 Å². The summed E-state index contributed by atoms with van der Waals surface area (Å²) in [6.45, 7) is 3.46. The van der Waals surface area contributed by atoms with E-state index in [0.29, 0.717) is 28.4 Å². The van der Waals surface area contributed by atoms with Gasteiger partial charge in [0.2, 0.25) is 0 Å². The fraction of sp³-hybridized carbons (Fsp3) is 0.120. The molecule has 2 N–H and O–H groups in total. The van der Waals surface area contributed by atoms with Crippen molar-refractivity contribution in [1.82, 2.24) is 9.88 Å². The number of benzene rings is 2. The van der Waals surface area contributed by atoms with Crippen molar-refractivity contribution in [3.8, 4) is 11.4 Å². The minimum atomic E-state index is -1.12. The number of methoxy groups -OCH3 is 1. The van der Waals surface area contributed by atoms with Gasteiger partial charge >= 0.3 is 5.97 Å². The standard InChI is InChI=1S/C25H20N4O7S/c1-13-10-16(14(2)27(13)20-9-8-18(36-3)12-21(20)29(34)35)11-19-22(30)26-25(37)28(23(19)31)17-6-4-15(5-7-17)24(32)33/h4-12H,1-3H3,(H,32,33)(H,26,30,37)/b19-11+. The van der Waals surface area contributed by atoms with E-state index >= 15 is 0 Å². The highest BCUT2D eigenvalue weighted by molar-refractivity contribution is 7.80. The molecule has 3 aromatic rings. The van der Waals surface area contributed by atoms with Gasteiger partial charge < -0.3 is 14.4 Å². The number of hydrogen-bond donors (Lipinski definition) is 2. The van der Waals surface area contributed by atoms with E-state index in [1.54, 1.807) is 36.6 Å². The largest absolute Gasteiger partial charge is 0.496 e. The fourth-order valence-corrected chi connectivity index (χ4v) is 4.35. The summed E-state index contributed by atoms with van der Waals surface area (Å²) in [6, 6.07) is 11.7. The van der Waals surface area contributed by atoms with Gasteiger partial charge in [0.15, 0.2) is 5.11 Å². The lowest BCUT2D eigenvalue weighted by Crippen LogP contribution is -2.54. The molecule has 1 aliphatic rings. The molecule has 0 saturated carbocycles. The summed E-state index contributed by atoms with van der Waals surface area (Å²) in [5.74, 6) is -2.19. The molecule has 4 rings (SSSR count). The molecule has 1 saturated heterocycles. The van der Waals surface area contributed by atoms with Crippen LogP contribution in [0.5, 0.6) is 5.75 Å². The van der Waals surface area contributed by atoms with Gasteiger partial charge in [-0.3, -0.25) is 29.9 Å². The summed E-state index contributed by atoms with van der Waals surface area (Å²) in [4.78, 5) is 49.5. The quantitative estimate of drug-likeness (QED) is 0.165. The molecule has 2 heterocycles. The predicted molar refractivity (Wildman–Crippen MR) is 138 cm³/mol. The molecule has 1 aromatic heterocycles. The number of ether oxygens (including phenoxy) is 1. The first-order chi connectivity index (χ1) is 17.5. The SMILES string of the molecule is COc1ccc(-n2c(C)cc(/C=C3\C(=O)NC(=S)N(c4ccc(C(=O)O)cc4)C3=O)c2C)c([N+](=O)[O-])c1. The van der Waals surface area contributed by atoms with Gasteiger partial charge in [-0.25, -0.2) is 4.79 Å². The van der Waals surface area contributed by atoms with Crippen LogP contribution in [-0.4, -0.2) is 44.6 Å². The number of nitro groups is 1. The number of nitro benzene ring substituents is 1. The topological polar surface area (TPSA) is 144 Å². The second kappa shape index (κ2) is 9.66. The van der Waals surface area contributed by atoms with E-state index in [2.05, 4.69) is 5.32 Å². The zero-order valence-corrected chi connectivity index (χ0v) is 20.7. The van der Waals surface area contributed by atoms with Crippen LogP contribution in [0.1, 0.15) is 27.3 Å². The van der Waals surface area contributed by atoms with Crippen molar-refractivity contribution in [3.63, 3.8) is 0 Å². The van der Waals surface area contributed by atoms with Gasteiger partial charge in [-0.05, 0) is 80.2 Å². The normalized spacial score (nSPS) is 14.6. The number of thiocarbonyl (C=S) groups is 1. The first-order valence-corrected chi connectivity index (χ1v) is 11.2. The summed E-state index contributed by atoms with van der Waals surface area (Å²) < 4.78 is 6.76. The molecule has 2 amide bonds. The molecular formula is C25H20N4O7S. The number of anilines is 1. The molecule has 2 aromatic carbocycles. The number of amides is 2. The molecule has 37 heavy (non-hydrogen) atoms. The van der Waals surface area contributed by atoms with Gasteiger partial charge in [0.1, 0.15) is 17.0 Å². The number of aromatic carboxylic acids is 1. The van der Waals surface area contributed by atoms with Gasteiger partial charge in [-0.1, -0.05) is 0 Å². The zero-order valence-electron chi connectivity index (χ0n) is 19.8. The third-order valence-electron chi connectivity index (χ3n) is 5.86. The summed E-state index contributed by atoms with van der Waals surface area (Å²) in [6.07, 6.45) is 1.40. The zero-order chi connectivity index (χ0) is 27.0. The summed E-state index contributed by atoms with van der Waals surface area (Å²) in [5.41, 5.74) is 1.92. The van der Waals surface area contributed by atoms with E-state index in [0.717, 1.165) is 4.90 Å². The molecule has 11 nitrogen and oxygen atoms in total. The Hall–Kier alpha value is -4.84. The van der Waals surface area contributed by atoms with Crippen LogP contribution in [0.2, 0.25) is 0 Å². The lowest BCUT2D eigenvalue weighted by atomic mass is 10.1. The molecule has 0 bridgehead atoms. The van der Waals surface area contributed by atoms with Crippen molar-refractivity contribution < 1.29 is 29.2 Å². The molecule has 0 aliphatic carbocycles. The summed E-state index contributed by atoms with van der Waals surface area (Å²) in [7, 11) is 1.41. The lowest BCUT2D eigenvalue weighted by molar-refractivity contribution is -0.384. The molecule has 188 valence electrons. The van der Waals surface area contributed by atoms with Crippen LogP contribution in [0.15, 0.2) is 54.1 Å². The lowest BCUT2D eigenvalue weighted by Gasteiger charge is -2.29. The molecule has 1 fully saturated rings. The number of carboxylic acid groups (broad SMARTS) is 1. The van der Waals surface area contributed by atoms with Crippen molar-refractivity contribution in [2.45, 2.75) is 13.8 Å². The van der Waals surface area contributed by atoms with Crippen LogP contribution in [0, 0.1) is 24.0 Å². The van der Waals surface area contributed by atoms with Crippen LogP contribution in [0.25, 0.3) is 11.8 Å². The molecule has 1 aliphatic heterocycles. The van der Waals surface area contributed by atoms with E-state index in [4.69, 9.17) is 22.1 Å². The van der Waals surface area contributed by atoms with Gasteiger partial charge in [0, 0.05) is 11.4 Å². The van der Waals surface area contributed by atoms with E-state index < -0.39 is 22.7 Å². The number of aryl methyl sites for hydroxylation is 1. The van der Waals surface area contributed by atoms with E-state index in [-0.39, 0.29) is 27.6 Å². The van der Waals surface area contributed by atoms with Crippen LogP contribution < -0.4 is 15.0 Å². The molecule has 0 radical (unpaired) electrons. The third-order valence-corrected chi connectivity index (χ3v) is 6.15. The minimum absolute atomic E-state index is 0.0268. The Morgan fingerprint density at radius 1 is 1.14 bits per heavy atom. The smallest absolute Gasteiger partial charge is 0.335 e. The number of nitrogens with zero attached hydrogens (tertiary/aromatic N) is 3. The second-order valence-electron chi connectivity index (χ2n) is 8.08. The van der Waals surface area contributed by atoms with Crippen LogP contribution in [0.3, 0.4) is 0 Å². The third kappa shape index (κ3) is 4.57. The highest BCUT2D eigenvalue weighted by atomic mass is 32.1. The van der Waals surface area contributed by atoms with Crippen LogP contribution >= 0.6 is 12.2 Å². The van der Waals surface area contributed by atoms with Gasteiger partial charge in [-0.15, -0.1) is 0 Å². The summed E-state index contributed by atoms with van der Waals surface area (Å²) >= 11 is 5.19. The Balaban J connectivity index is 1.77. The van der Waals surface area contributed by atoms with Crippen molar-refractivity contribution >= 4 is 52.6 Å². The number of rotatable bonds is 6. The first kappa shape index (κ1) is 25.3. The number of carbonyl (C=O) groups excluding carboxylic acids is 2. The highest BCUT2D eigenvalue weighted by Gasteiger charge is 2.35. The van der Waals surface area contributed by atoms with Crippen molar-refractivity contribution in [3.05, 3.63) is 86.7 Å². The van der Waals surface area contributed by atoms with Crippen LogP contribution in [-0.2, 0) is 9.59 Å². The van der Waals surface area contributed by atoms with Gasteiger partial charge in [0.05, 0.1) is 29.4 Å². The first-order valence-electron chi connectivity index (χ1n) is 10.8. The van der Waals surface area contributed by atoms with Gasteiger partial charge in [0.25, 0.3) is 17.5 Å². The fourth-order valence-electron chi connectivity index (χ4n) is 4.07. The number of nitrogens with one attached hydrogen (secondary N) is 1. The monoisotopic (exact) mass is 520 g/mol. The molecule has 0 spiro atoms. The Bertz CT molecular complexity index is 1520. The van der Waals surface area contributed by atoms with Crippen molar-refractivity contribution in [1.29, 1.82) is 0 Å². The Kier molecular flexibility index (Phi) is 6.60. The van der Waals surface area contributed by atoms with E-state index in [1.807, 2.05) is 0 Å². The number of hydrogen-bond acceptors (Lipinski definition) is 7. The Labute approximate surface area is 215 Å². The Morgan fingerprint density at radius 2 is 1.81 bits per heavy atom. The maximum atomic E-state index is 13.3. The number of aromatic nitrogens is 1. The highest BCUT2D eigenvalue weighted by Crippen LogP contribution is 2.32. The Morgan fingerprint density at radius 3 is 2.41 bits per heavy atom. The van der Waals surface area contributed by atoms with Crippen molar-refractivity contribution in [2.75, 3.05) is 12.0 Å². The minimum Gasteiger partial charge on any atom is -0.496 e. The maximum absolute atomic E-state index is 13.3. The van der Waals surface area contributed by atoms with E-state index in [1.165, 1.54) is 43.5 Å². The molecule has 0 unspecified atom stereocenters. The van der Waals surface area contributed by atoms with E-state index in [9.17, 15) is 24.5 Å². The maximum Gasteiger partial charge on any atom is 0.335 e. The predicted octanol–water partition coefficient (Wildman–Crippen LogP) is 3.54. The van der Waals surface area contributed by atoms with Gasteiger partial charge in [-0.2, -0.15) is 0 Å². The van der Waals surface area contributed by atoms with Crippen molar-refractivity contribution in [2.24, 2.45) is 0 Å². The second-order valence-corrected chi connectivity index (χ2v) is 8.47. The molecule has 0 atom stereocenters. The summed E-state index contributed by atoms with van der Waals surface area (Å²) in [5, 5.41) is 23.2. The number of carboxylic acids is 1. The average Bonchev–Trinajstić information content (AvgIpc) is 3.13. The molecule has 12 heteroatoms. The molecular weight excluding hydrogens is 500 g/mol.